The first kappa shape index (κ1) is 22.0. The number of aliphatic hydroxyl groups excluding tert-OH is 1. The van der Waals surface area contributed by atoms with Crippen LogP contribution in [-0.4, -0.2) is 33.3 Å². The van der Waals surface area contributed by atoms with Gasteiger partial charge in [0.05, 0.1) is 12.1 Å². The van der Waals surface area contributed by atoms with Gasteiger partial charge in [-0.05, 0) is 75.2 Å². The Kier molecular flexibility index (Phi) is 6.90. The van der Waals surface area contributed by atoms with Crippen LogP contribution in [0.2, 0.25) is 0 Å². The third-order valence-corrected chi connectivity index (χ3v) is 5.74. The predicted molar refractivity (Wildman–Crippen MR) is 128 cm³/mol. The predicted octanol–water partition coefficient (Wildman–Crippen LogP) is 4.34. The second-order valence-corrected chi connectivity index (χ2v) is 8.25. The van der Waals surface area contributed by atoms with Gasteiger partial charge in [-0.1, -0.05) is 29.8 Å². The lowest BCUT2D eigenvalue weighted by atomic mass is 10.0. The summed E-state index contributed by atoms with van der Waals surface area (Å²) in [6, 6.07) is 12.2. The molecule has 30 heavy (non-hydrogen) atoms. The fraction of sp³-hybridized carbons (Fsp3) is 0.333. The first-order valence-electron chi connectivity index (χ1n) is 10.2. The number of anilines is 1. The van der Waals surface area contributed by atoms with E-state index < -0.39 is 0 Å². The number of aryl methyl sites for hydroxylation is 4. The second kappa shape index (κ2) is 9.41. The van der Waals surface area contributed by atoms with Crippen LogP contribution in [0.1, 0.15) is 34.2 Å². The minimum absolute atomic E-state index is 0.0645. The molecular formula is C24H29N3O2S. The number of thiocarbonyl (C=S) groups is 1. The van der Waals surface area contributed by atoms with Gasteiger partial charge < -0.3 is 20.3 Å². The van der Waals surface area contributed by atoms with E-state index in [-0.39, 0.29) is 12.2 Å². The van der Waals surface area contributed by atoms with Crippen molar-refractivity contribution in [2.75, 3.05) is 18.5 Å². The molecule has 0 fully saturated rings. The monoisotopic (exact) mass is 423 g/mol. The highest BCUT2D eigenvalue weighted by Gasteiger charge is 2.15. The summed E-state index contributed by atoms with van der Waals surface area (Å²) in [5, 5.41) is 14.2. The number of nitrogens with one attached hydrogen (secondary N) is 2. The van der Waals surface area contributed by atoms with E-state index in [4.69, 9.17) is 12.2 Å². The van der Waals surface area contributed by atoms with Crippen molar-refractivity contribution in [1.82, 2.24) is 9.88 Å². The minimum atomic E-state index is -0.112. The molecule has 1 heterocycles. The second-order valence-electron chi connectivity index (χ2n) is 7.86. The summed E-state index contributed by atoms with van der Waals surface area (Å²) < 4.78 is 0. The van der Waals surface area contributed by atoms with Crippen molar-refractivity contribution in [3.05, 3.63) is 74.6 Å². The maximum absolute atomic E-state index is 12.8. The molecule has 3 rings (SSSR count). The number of benzene rings is 2. The highest BCUT2D eigenvalue weighted by atomic mass is 32.1. The molecule has 158 valence electrons. The zero-order chi connectivity index (χ0) is 21.8. The van der Waals surface area contributed by atoms with E-state index in [9.17, 15) is 9.90 Å². The van der Waals surface area contributed by atoms with Crippen molar-refractivity contribution >= 4 is 33.9 Å². The standard InChI is InChI=1S/C24H29N3O2S/c1-15-6-9-21(18(4)12-15)25-24(30)27(10-5-11-28)14-19-13-20-16(2)7-8-17(3)22(20)26-23(19)29/h6-9,12-13,28H,5,10-11,14H2,1-4H3,(H,25,30)(H,26,29). The number of aliphatic hydroxyl groups is 1. The molecule has 0 bridgehead atoms. The summed E-state index contributed by atoms with van der Waals surface area (Å²) in [7, 11) is 0. The highest BCUT2D eigenvalue weighted by Crippen LogP contribution is 2.21. The molecule has 0 aliphatic rings. The van der Waals surface area contributed by atoms with Crippen molar-refractivity contribution in [3.63, 3.8) is 0 Å². The molecule has 0 radical (unpaired) electrons. The van der Waals surface area contributed by atoms with Gasteiger partial charge in [0.15, 0.2) is 5.11 Å². The van der Waals surface area contributed by atoms with Crippen LogP contribution in [0.15, 0.2) is 41.2 Å². The van der Waals surface area contributed by atoms with Crippen LogP contribution in [0.5, 0.6) is 0 Å². The molecule has 1 aromatic heterocycles. The van der Waals surface area contributed by atoms with E-state index in [1.54, 1.807) is 0 Å². The van der Waals surface area contributed by atoms with E-state index in [2.05, 4.69) is 29.4 Å². The zero-order valence-electron chi connectivity index (χ0n) is 18.0. The molecule has 0 aliphatic carbocycles. The van der Waals surface area contributed by atoms with Crippen molar-refractivity contribution in [3.8, 4) is 0 Å². The number of aromatic amines is 1. The van der Waals surface area contributed by atoms with Gasteiger partial charge in [-0.15, -0.1) is 0 Å². The fourth-order valence-corrected chi connectivity index (χ4v) is 3.87. The summed E-state index contributed by atoms with van der Waals surface area (Å²) in [6.45, 7) is 9.11. The Balaban J connectivity index is 1.90. The van der Waals surface area contributed by atoms with Gasteiger partial charge in [0.1, 0.15) is 0 Å². The van der Waals surface area contributed by atoms with E-state index in [1.165, 1.54) is 5.56 Å². The summed E-state index contributed by atoms with van der Waals surface area (Å²) in [4.78, 5) is 17.8. The zero-order valence-corrected chi connectivity index (χ0v) is 18.8. The summed E-state index contributed by atoms with van der Waals surface area (Å²) in [5.74, 6) is 0. The Bertz CT molecular complexity index is 1140. The molecule has 5 nitrogen and oxygen atoms in total. The Labute approximate surface area is 182 Å². The van der Waals surface area contributed by atoms with Gasteiger partial charge in [0, 0.05) is 29.8 Å². The molecule has 0 spiro atoms. The topological polar surface area (TPSA) is 68.4 Å². The average Bonchev–Trinajstić information content (AvgIpc) is 2.70. The van der Waals surface area contributed by atoms with Crippen LogP contribution in [0.3, 0.4) is 0 Å². The molecule has 0 aliphatic heterocycles. The Morgan fingerprint density at radius 2 is 1.80 bits per heavy atom. The molecule has 2 aromatic carbocycles. The number of pyridine rings is 1. The number of aromatic nitrogens is 1. The third-order valence-electron chi connectivity index (χ3n) is 5.38. The number of fused-ring (bicyclic) bond motifs is 1. The van der Waals surface area contributed by atoms with Crippen LogP contribution < -0.4 is 10.9 Å². The third kappa shape index (κ3) is 4.89. The van der Waals surface area contributed by atoms with E-state index in [0.29, 0.717) is 30.2 Å². The maximum atomic E-state index is 12.8. The Hall–Kier alpha value is -2.70. The van der Waals surface area contributed by atoms with Crippen LogP contribution in [-0.2, 0) is 6.54 Å². The molecule has 0 unspecified atom stereocenters. The fourth-order valence-electron chi connectivity index (χ4n) is 3.60. The smallest absolute Gasteiger partial charge is 0.253 e. The molecular weight excluding hydrogens is 394 g/mol. The number of nitrogens with zero attached hydrogens (tertiary/aromatic N) is 1. The molecule has 0 saturated carbocycles. The van der Waals surface area contributed by atoms with Crippen molar-refractivity contribution in [2.24, 2.45) is 0 Å². The van der Waals surface area contributed by atoms with Crippen molar-refractivity contribution in [1.29, 1.82) is 0 Å². The number of rotatable bonds is 6. The van der Waals surface area contributed by atoms with Gasteiger partial charge >= 0.3 is 0 Å². The molecule has 6 heteroatoms. The molecule has 0 atom stereocenters. The van der Waals surface area contributed by atoms with Gasteiger partial charge in [-0.3, -0.25) is 4.79 Å². The van der Waals surface area contributed by atoms with Crippen LogP contribution >= 0.6 is 12.2 Å². The van der Waals surface area contributed by atoms with Crippen molar-refractivity contribution < 1.29 is 5.11 Å². The number of H-pyrrole nitrogens is 1. The minimum Gasteiger partial charge on any atom is -0.396 e. The molecule has 0 amide bonds. The number of hydrogen-bond donors (Lipinski definition) is 3. The van der Waals surface area contributed by atoms with Crippen LogP contribution in [0, 0.1) is 27.7 Å². The van der Waals surface area contributed by atoms with E-state index in [1.807, 2.05) is 49.9 Å². The van der Waals surface area contributed by atoms with Crippen LogP contribution in [0.4, 0.5) is 5.69 Å². The van der Waals surface area contributed by atoms with Gasteiger partial charge in [-0.25, -0.2) is 0 Å². The summed E-state index contributed by atoms with van der Waals surface area (Å²) in [5.41, 5.74) is 6.82. The largest absolute Gasteiger partial charge is 0.396 e. The van der Waals surface area contributed by atoms with E-state index >= 15 is 0 Å². The normalized spacial score (nSPS) is 11.0. The quantitative estimate of drug-likeness (QED) is 0.515. The Morgan fingerprint density at radius 3 is 2.50 bits per heavy atom. The average molecular weight is 424 g/mol. The van der Waals surface area contributed by atoms with Crippen LogP contribution in [0.25, 0.3) is 10.9 Å². The lowest BCUT2D eigenvalue weighted by Crippen LogP contribution is -2.37. The van der Waals surface area contributed by atoms with Gasteiger partial charge in [0.2, 0.25) is 0 Å². The SMILES string of the molecule is Cc1ccc(NC(=S)N(CCCO)Cc2cc3c(C)ccc(C)c3[nH]c2=O)c(C)c1. The summed E-state index contributed by atoms with van der Waals surface area (Å²) in [6.07, 6.45) is 0.568. The lowest BCUT2D eigenvalue weighted by Gasteiger charge is -2.26. The lowest BCUT2D eigenvalue weighted by molar-refractivity contribution is 0.265. The van der Waals surface area contributed by atoms with Crippen molar-refractivity contribution in [2.45, 2.75) is 40.7 Å². The van der Waals surface area contributed by atoms with E-state index in [0.717, 1.165) is 33.3 Å². The van der Waals surface area contributed by atoms with Gasteiger partial charge in [0.25, 0.3) is 5.56 Å². The number of hydrogen-bond acceptors (Lipinski definition) is 3. The Morgan fingerprint density at radius 1 is 1.07 bits per heavy atom. The molecule has 3 aromatic rings. The maximum Gasteiger partial charge on any atom is 0.253 e. The first-order chi connectivity index (χ1) is 14.3. The molecule has 0 saturated heterocycles. The summed E-state index contributed by atoms with van der Waals surface area (Å²) >= 11 is 5.67. The van der Waals surface area contributed by atoms with Gasteiger partial charge in [-0.2, -0.15) is 0 Å². The first-order valence-corrected chi connectivity index (χ1v) is 10.6. The molecule has 3 N–H and O–H groups in total. The highest BCUT2D eigenvalue weighted by molar-refractivity contribution is 7.80.